The Hall–Kier alpha value is 1.90. The summed E-state index contributed by atoms with van der Waals surface area (Å²) in [7, 11) is -10.4. The van der Waals surface area contributed by atoms with E-state index in [1.807, 2.05) is 0 Å². The van der Waals surface area contributed by atoms with Crippen molar-refractivity contribution in [3.63, 3.8) is 0 Å². The topological polar surface area (TPSA) is 126 Å². The first-order chi connectivity index (χ1) is 3.71. The summed E-state index contributed by atoms with van der Waals surface area (Å²) in [6, 6.07) is 0. The molecule has 0 heterocycles. The van der Waals surface area contributed by atoms with Crippen LogP contribution >= 0.6 is 15.2 Å². The van der Waals surface area contributed by atoms with Crippen LogP contribution in [0.25, 0.3) is 0 Å². The van der Waals surface area contributed by atoms with Crippen molar-refractivity contribution in [2.24, 2.45) is 0 Å². The minimum absolute atomic E-state index is 0. The third-order valence-electron chi connectivity index (χ3n) is 0.346. The summed E-state index contributed by atoms with van der Waals surface area (Å²) in [5.41, 5.74) is 0. The molecule has 0 spiro atoms. The molecular formula is CH6O6P2Sn2. The molecule has 0 rings (SSSR count). The van der Waals surface area contributed by atoms with Gasteiger partial charge in [-0.2, -0.15) is 0 Å². The molecule has 6 nitrogen and oxygen atoms in total. The third-order valence-corrected chi connectivity index (χ3v) is 3.12. The van der Waals surface area contributed by atoms with E-state index in [-0.39, 0.29) is 47.8 Å². The average Bonchev–Trinajstić information content (AvgIpc) is 1.14. The van der Waals surface area contributed by atoms with Crippen LogP contribution in [0.15, 0.2) is 0 Å². The van der Waals surface area contributed by atoms with Crippen LogP contribution in [-0.4, -0.2) is 53.7 Å². The Balaban J connectivity index is -0.000000320. The van der Waals surface area contributed by atoms with Gasteiger partial charge in [-0.1, -0.05) is 15.2 Å². The summed E-state index contributed by atoms with van der Waals surface area (Å²) < 4.78 is 19.1. The molecule has 64 valence electrons. The zero-order valence-corrected chi connectivity index (χ0v) is 15.3. The van der Waals surface area contributed by atoms with Gasteiger partial charge in [0.05, 0.1) is 0 Å². The fourth-order valence-electron chi connectivity index (χ4n) is 0.212. The van der Waals surface area contributed by atoms with Crippen molar-refractivity contribution >= 4 is 63.0 Å². The molecule has 0 aromatic heterocycles. The van der Waals surface area contributed by atoms with E-state index in [1.54, 1.807) is 0 Å². The molecule has 0 bridgehead atoms. The molecule has 0 aromatic carbocycles. The molecule has 0 amide bonds. The first-order valence-corrected chi connectivity index (χ1v) is 5.18. The van der Waals surface area contributed by atoms with Crippen molar-refractivity contribution in [1.82, 2.24) is 0 Å². The zero-order valence-electron chi connectivity index (χ0n) is 5.47. The molecular weight excluding hydrogens is 407 g/mol. The quantitative estimate of drug-likeness (QED) is 0.329. The summed E-state index contributed by atoms with van der Waals surface area (Å²) >= 11 is 0. The van der Waals surface area contributed by atoms with Crippen molar-refractivity contribution in [3.8, 4) is 0 Å². The SMILES string of the molecule is O=P([O-])([O-])CP(=O)([O-])[O-].[SnH2+2].[SnH2+2]. The van der Waals surface area contributed by atoms with E-state index < -0.39 is 21.1 Å². The van der Waals surface area contributed by atoms with Crippen LogP contribution in [0.3, 0.4) is 0 Å². The number of rotatable bonds is 2. The molecule has 0 aliphatic heterocycles. The van der Waals surface area contributed by atoms with Crippen LogP contribution < -0.4 is 19.6 Å². The van der Waals surface area contributed by atoms with Crippen molar-refractivity contribution in [3.05, 3.63) is 0 Å². The molecule has 11 heavy (non-hydrogen) atoms. The van der Waals surface area contributed by atoms with Gasteiger partial charge in [0.2, 0.25) is 0 Å². The van der Waals surface area contributed by atoms with Gasteiger partial charge in [-0.25, -0.2) is 0 Å². The van der Waals surface area contributed by atoms with E-state index in [4.69, 9.17) is 0 Å². The Morgan fingerprint density at radius 3 is 1.00 bits per heavy atom. The molecule has 0 fully saturated rings. The van der Waals surface area contributed by atoms with E-state index in [9.17, 15) is 28.7 Å². The van der Waals surface area contributed by atoms with Crippen LogP contribution in [0, 0.1) is 0 Å². The van der Waals surface area contributed by atoms with Crippen molar-refractivity contribution in [2.75, 3.05) is 5.90 Å². The summed E-state index contributed by atoms with van der Waals surface area (Å²) in [5, 5.41) is 0. The van der Waals surface area contributed by atoms with Gasteiger partial charge >= 0.3 is 47.8 Å². The third kappa shape index (κ3) is 18.7. The molecule has 0 saturated carbocycles. The number of hydrogen-bond donors (Lipinski definition) is 0. The maximum atomic E-state index is 9.55. The molecule has 10 heteroatoms. The Morgan fingerprint density at radius 1 is 0.818 bits per heavy atom. The van der Waals surface area contributed by atoms with Gasteiger partial charge in [-0.15, -0.1) is 0 Å². The predicted octanol–water partition coefficient (Wildman–Crippen LogP) is -5.06. The van der Waals surface area contributed by atoms with Gasteiger partial charge < -0.3 is 28.7 Å². The second-order valence-electron chi connectivity index (χ2n) is 1.36. The molecule has 0 atom stereocenters. The predicted molar refractivity (Wildman–Crippen MR) is 37.2 cm³/mol. The molecule has 0 aliphatic rings. The standard InChI is InChI=1S/CH6O6P2.2Sn.4H/c2-8(3,4)1-9(5,6)7;;;;;;/h1H2,(H2,2,3,4)(H2,5,6,7);;;;;;/q;2*+2;;;;/p-4. The maximum absolute atomic E-state index is 9.55. The van der Waals surface area contributed by atoms with Crippen molar-refractivity contribution in [2.45, 2.75) is 0 Å². The Labute approximate surface area is 97.0 Å². The van der Waals surface area contributed by atoms with Crippen LogP contribution in [-0.2, 0) is 9.13 Å². The van der Waals surface area contributed by atoms with E-state index in [2.05, 4.69) is 0 Å². The average molecular weight is 413 g/mol. The van der Waals surface area contributed by atoms with Gasteiger partial charge in [-0.3, -0.25) is 0 Å². The molecule has 0 saturated heterocycles. The van der Waals surface area contributed by atoms with E-state index in [0.29, 0.717) is 0 Å². The fourth-order valence-corrected chi connectivity index (χ4v) is 1.91. The van der Waals surface area contributed by atoms with E-state index in [1.165, 1.54) is 0 Å². The van der Waals surface area contributed by atoms with Gasteiger partial charge in [0.25, 0.3) is 0 Å². The molecule has 0 unspecified atom stereocenters. The Morgan fingerprint density at radius 2 is 1.00 bits per heavy atom. The summed E-state index contributed by atoms with van der Waals surface area (Å²) in [4.78, 5) is 38.2. The van der Waals surface area contributed by atoms with E-state index in [0.717, 1.165) is 0 Å². The second kappa shape index (κ2) is 6.37. The molecule has 0 aromatic rings. The fraction of sp³-hybridized carbons (Fsp3) is 1.00. The van der Waals surface area contributed by atoms with Crippen molar-refractivity contribution < 1.29 is 28.7 Å². The van der Waals surface area contributed by atoms with Gasteiger partial charge in [0.1, 0.15) is 0 Å². The van der Waals surface area contributed by atoms with Crippen LogP contribution in [0.1, 0.15) is 0 Å². The Bertz CT molecular complexity index is 159. The molecule has 0 N–H and O–H groups in total. The monoisotopic (exact) mass is 416 g/mol. The number of hydrogen-bond acceptors (Lipinski definition) is 6. The Kier molecular flexibility index (Phi) is 10.8. The second-order valence-corrected chi connectivity index (χ2v) is 4.94. The van der Waals surface area contributed by atoms with Gasteiger partial charge in [-0.05, 0) is 0 Å². The normalized spacial score (nSPS) is 11.3. The van der Waals surface area contributed by atoms with Gasteiger partial charge in [0.15, 0.2) is 0 Å². The zero-order chi connectivity index (χ0) is 7.71. The van der Waals surface area contributed by atoms with Crippen LogP contribution in [0.4, 0.5) is 0 Å². The van der Waals surface area contributed by atoms with E-state index >= 15 is 0 Å². The molecule has 0 radical (unpaired) electrons. The summed E-state index contributed by atoms with van der Waals surface area (Å²) in [5.74, 6) is -1.82. The van der Waals surface area contributed by atoms with Gasteiger partial charge in [0, 0.05) is 5.90 Å². The summed E-state index contributed by atoms with van der Waals surface area (Å²) in [6.45, 7) is 0. The van der Waals surface area contributed by atoms with Crippen LogP contribution in [0.2, 0.25) is 0 Å². The van der Waals surface area contributed by atoms with Crippen molar-refractivity contribution in [1.29, 1.82) is 0 Å². The molecule has 0 aliphatic carbocycles. The first-order valence-electron chi connectivity index (χ1n) is 1.73. The minimum atomic E-state index is -5.18. The summed E-state index contributed by atoms with van der Waals surface area (Å²) in [6.07, 6.45) is 0. The van der Waals surface area contributed by atoms with Crippen LogP contribution in [0.5, 0.6) is 0 Å². The first kappa shape index (κ1) is 18.6.